The van der Waals surface area contributed by atoms with E-state index in [9.17, 15) is 14.4 Å². The van der Waals surface area contributed by atoms with Crippen LogP contribution in [0, 0.1) is 11.3 Å². The number of benzene rings is 3. The summed E-state index contributed by atoms with van der Waals surface area (Å²) in [6.07, 6.45) is 1.19. The van der Waals surface area contributed by atoms with E-state index in [4.69, 9.17) is 25.8 Å². The molecule has 1 unspecified atom stereocenters. The van der Waals surface area contributed by atoms with E-state index in [2.05, 4.69) is 4.90 Å². The van der Waals surface area contributed by atoms with Crippen molar-refractivity contribution in [1.29, 1.82) is 0 Å². The molecule has 0 N–H and O–H groups in total. The number of anilines is 1. The number of nitrogens with zero attached hydrogens (tertiary/aromatic N) is 3. The van der Waals surface area contributed by atoms with Gasteiger partial charge in [0.2, 0.25) is 0 Å². The molecule has 0 aliphatic carbocycles. The number of amides is 2. The molecule has 0 spiro atoms. The summed E-state index contributed by atoms with van der Waals surface area (Å²) in [7, 11) is 0. The Hall–Kier alpha value is -3.82. The van der Waals surface area contributed by atoms with Crippen LogP contribution >= 0.6 is 11.6 Å². The van der Waals surface area contributed by atoms with E-state index in [-0.39, 0.29) is 23.9 Å². The van der Waals surface area contributed by atoms with Crippen molar-refractivity contribution < 1.29 is 28.6 Å². The molecule has 47 heavy (non-hydrogen) atoms. The second-order valence-electron chi connectivity index (χ2n) is 14.9. The number of esters is 1. The Balaban J connectivity index is 1.34. The van der Waals surface area contributed by atoms with Gasteiger partial charge in [-0.15, -0.1) is 0 Å². The van der Waals surface area contributed by atoms with Gasteiger partial charge in [0.15, 0.2) is 6.10 Å². The van der Waals surface area contributed by atoms with Crippen LogP contribution in [-0.4, -0.2) is 78.7 Å². The topological polar surface area (TPSA) is 88.6 Å². The molecule has 250 valence electrons. The molecule has 2 saturated heterocycles. The summed E-state index contributed by atoms with van der Waals surface area (Å²) in [6, 6.07) is 15.3. The van der Waals surface area contributed by atoms with Crippen LogP contribution in [0.15, 0.2) is 48.5 Å². The predicted octanol–water partition coefficient (Wildman–Crippen LogP) is 7.17. The fourth-order valence-electron chi connectivity index (χ4n) is 6.30. The fourth-order valence-corrected chi connectivity index (χ4v) is 6.56. The monoisotopic (exact) mass is 661 g/mol. The van der Waals surface area contributed by atoms with E-state index in [0.29, 0.717) is 54.0 Å². The van der Waals surface area contributed by atoms with Crippen molar-refractivity contribution in [2.45, 2.75) is 66.1 Å². The lowest BCUT2D eigenvalue weighted by molar-refractivity contribution is -0.143. The van der Waals surface area contributed by atoms with Crippen molar-refractivity contribution in [2.75, 3.05) is 44.2 Å². The number of hydrogen-bond donors (Lipinski definition) is 0. The zero-order valence-electron chi connectivity index (χ0n) is 28.1. The summed E-state index contributed by atoms with van der Waals surface area (Å²) in [6.45, 7) is 14.8. The van der Waals surface area contributed by atoms with Crippen molar-refractivity contribution in [2.24, 2.45) is 11.3 Å². The lowest BCUT2D eigenvalue weighted by Crippen LogP contribution is -2.58. The van der Waals surface area contributed by atoms with Gasteiger partial charge in [0.05, 0.1) is 16.1 Å². The summed E-state index contributed by atoms with van der Waals surface area (Å²) < 4.78 is 17.9. The first-order valence-electron chi connectivity index (χ1n) is 16.4. The third-order valence-electron chi connectivity index (χ3n) is 8.77. The van der Waals surface area contributed by atoms with Gasteiger partial charge in [-0.05, 0) is 108 Å². The number of carbonyl (C=O) groups is 3. The maximum Gasteiger partial charge on any atom is 0.410 e. The van der Waals surface area contributed by atoms with Gasteiger partial charge in [0.25, 0.3) is 5.91 Å². The van der Waals surface area contributed by atoms with E-state index >= 15 is 0 Å². The number of rotatable bonds is 6. The second-order valence-corrected chi connectivity index (χ2v) is 15.4. The van der Waals surface area contributed by atoms with Gasteiger partial charge in [0, 0.05) is 37.7 Å². The van der Waals surface area contributed by atoms with Crippen molar-refractivity contribution in [3.8, 4) is 22.6 Å². The molecule has 0 aromatic heterocycles. The minimum absolute atomic E-state index is 0.0847. The van der Waals surface area contributed by atoms with Crippen molar-refractivity contribution in [3.63, 3.8) is 0 Å². The van der Waals surface area contributed by atoms with Gasteiger partial charge in [0.1, 0.15) is 17.1 Å². The van der Waals surface area contributed by atoms with Gasteiger partial charge >= 0.3 is 12.1 Å². The smallest absolute Gasteiger partial charge is 0.410 e. The molecule has 2 amide bonds. The highest BCUT2D eigenvalue weighted by atomic mass is 35.5. The van der Waals surface area contributed by atoms with Crippen LogP contribution in [0.3, 0.4) is 0 Å². The quantitative estimate of drug-likeness (QED) is 0.204. The van der Waals surface area contributed by atoms with E-state index in [1.54, 1.807) is 15.9 Å². The highest BCUT2D eigenvalue weighted by Gasteiger charge is 2.41. The Bertz CT molecular complexity index is 1700. The average molecular weight is 662 g/mol. The summed E-state index contributed by atoms with van der Waals surface area (Å²) in [5.41, 5.74) is 0.870. The molecule has 3 aliphatic heterocycles. The highest BCUT2D eigenvalue weighted by molar-refractivity contribution is 6.34. The molecule has 3 aromatic rings. The highest BCUT2D eigenvalue weighted by Crippen LogP contribution is 2.45. The Morgan fingerprint density at radius 1 is 0.936 bits per heavy atom. The molecule has 0 saturated carbocycles. The summed E-state index contributed by atoms with van der Waals surface area (Å²) >= 11 is 7.05. The molecule has 10 heteroatoms. The molecule has 9 nitrogen and oxygen atoms in total. The molecular weight excluding hydrogens is 618 g/mol. The number of carbonyl (C=O) groups excluding carboxylic acids is 3. The molecule has 0 bridgehead atoms. The van der Waals surface area contributed by atoms with Crippen LogP contribution < -0.4 is 14.4 Å². The van der Waals surface area contributed by atoms with Crippen LogP contribution in [0.5, 0.6) is 11.5 Å². The Morgan fingerprint density at radius 2 is 1.64 bits per heavy atom. The summed E-state index contributed by atoms with van der Waals surface area (Å²) in [5, 5.41) is 2.29. The van der Waals surface area contributed by atoms with Crippen LogP contribution in [-0.2, 0) is 14.3 Å². The Labute approximate surface area is 281 Å². The molecule has 6 rings (SSSR count). The van der Waals surface area contributed by atoms with E-state index in [1.165, 1.54) is 0 Å². The first-order chi connectivity index (χ1) is 22.2. The largest absolute Gasteiger partial charge is 0.477 e. The minimum Gasteiger partial charge on any atom is -0.477 e. The average Bonchev–Trinajstić information content (AvgIpc) is 3.47. The van der Waals surface area contributed by atoms with Crippen molar-refractivity contribution >= 4 is 46.0 Å². The van der Waals surface area contributed by atoms with E-state index in [1.807, 2.05) is 84.0 Å². The standard InChI is InChI=1S/C37H44ClN3O6/c1-36(2,3)34(43)45-25-15-24-11-7-8-12-26(24)27(16-25)28-17-31-30(18-29(28)38)41(33(42)32(46-31)22-39-13-9-10-14-39)21-23-19-40(20-23)35(44)47-37(4,5)6/h7-8,11-12,15-18,23,32H,9-10,13-14,19-22H2,1-6H3. The molecule has 2 fully saturated rings. The van der Waals surface area contributed by atoms with E-state index in [0.717, 1.165) is 42.3 Å². The Kier molecular flexibility index (Phi) is 8.91. The van der Waals surface area contributed by atoms with Crippen LogP contribution in [0.4, 0.5) is 10.5 Å². The molecule has 3 heterocycles. The number of ether oxygens (including phenoxy) is 3. The van der Waals surface area contributed by atoms with Crippen molar-refractivity contribution in [1.82, 2.24) is 9.80 Å². The lowest BCUT2D eigenvalue weighted by Gasteiger charge is -2.44. The third kappa shape index (κ3) is 7.21. The molecule has 3 aliphatic rings. The normalized spacial score (nSPS) is 19.0. The minimum atomic E-state index is -0.674. The predicted molar refractivity (Wildman–Crippen MR) is 183 cm³/mol. The zero-order chi connectivity index (χ0) is 33.7. The van der Waals surface area contributed by atoms with Crippen LogP contribution in [0.1, 0.15) is 54.4 Å². The van der Waals surface area contributed by atoms with Gasteiger partial charge < -0.3 is 24.0 Å². The summed E-state index contributed by atoms with van der Waals surface area (Å²) in [4.78, 5) is 45.1. The van der Waals surface area contributed by atoms with Gasteiger partial charge in [-0.25, -0.2) is 4.79 Å². The second kappa shape index (κ2) is 12.7. The number of halogens is 1. The zero-order valence-corrected chi connectivity index (χ0v) is 28.9. The fraction of sp³-hybridized carbons (Fsp3) is 0.486. The van der Waals surface area contributed by atoms with Crippen molar-refractivity contribution in [3.05, 3.63) is 53.6 Å². The maximum atomic E-state index is 14.0. The van der Waals surface area contributed by atoms with Crippen LogP contribution in [0.2, 0.25) is 5.02 Å². The first kappa shape index (κ1) is 33.1. The molecular formula is C37H44ClN3O6. The van der Waals surface area contributed by atoms with Gasteiger partial charge in [-0.2, -0.15) is 0 Å². The number of hydrogen-bond acceptors (Lipinski definition) is 7. The number of fused-ring (bicyclic) bond motifs is 2. The Morgan fingerprint density at radius 3 is 2.32 bits per heavy atom. The SMILES string of the molecule is CC(C)(C)OC(=O)N1CC(CN2C(=O)C(CN3CCCC3)Oc3cc(-c4cc(OC(=O)C(C)(C)C)cc5ccccc45)c(Cl)cc32)C1. The van der Waals surface area contributed by atoms with Gasteiger partial charge in [-0.1, -0.05) is 35.9 Å². The first-order valence-corrected chi connectivity index (χ1v) is 16.8. The van der Waals surface area contributed by atoms with Gasteiger partial charge in [-0.3, -0.25) is 14.5 Å². The lowest BCUT2D eigenvalue weighted by atomic mass is 9.95. The molecule has 3 aromatic carbocycles. The summed E-state index contributed by atoms with van der Waals surface area (Å²) in [5.74, 6) is 0.639. The van der Waals surface area contributed by atoms with E-state index < -0.39 is 17.1 Å². The number of likely N-dealkylation sites (tertiary alicyclic amines) is 2. The van der Waals surface area contributed by atoms with Crippen LogP contribution in [0.25, 0.3) is 21.9 Å². The molecule has 1 atom stereocenters. The maximum absolute atomic E-state index is 14.0. The third-order valence-corrected chi connectivity index (χ3v) is 9.08. The molecule has 0 radical (unpaired) electrons.